The normalized spacial score (nSPS) is 12.2. The average Bonchev–Trinajstić information content (AvgIpc) is 3.94. The number of thiophene rings is 1. The van der Waals surface area contributed by atoms with E-state index in [2.05, 4.69) is 203 Å². The van der Waals surface area contributed by atoms with Gasteiger partial charge in [-0.2, -0.15) is 0 Å². The van der Waals surface area contributed by atoms with Gasteiger partial charge in [-0.15, -0.1) is 11.3 Å². The molecule has 0 radical (unpaired) electrons. The van der Waals surface area contributed by atoms with Crippen LogP contribution in [0.15, 0.2) is 194 Å². The summed E-state index contributed by atoms with van der Waals surface area (Å²) in [6, 6.07) is 71.9. The van der Waals surface area contributed by atoms with Gasteiger partial charge in [-0.3, -0.25) is 0 Å². The summed E-state index contributed by atoms with van der Waals surface area (Å²) in [5, 5.41) is 12.9. The zero-order valence-electron chi connectivity index (χ0n) is 30.8. The second-order valence-corrected chi connectivity index (χ2v) is 16.3. The second-order valence-electron chi connectivity index (χ2n) is 15.2. The molecule has 0 atom stereocenters. The van der Waals surface area contributed by atoms with Gasteiger partial charge < -0.3 is 8.97 Å². The van der Waals surface area contributed by atoms with Crippen molar-refractivity contribution < 1.29 is 0 Å². The number of aromatic nitrogens is 2. The van der Waals surface area contributed by atoms with E-state index < -0.39 is 0 Å². The van der Waals surface area contributed by atoms with Gasteiger partial charge in [0.05, 0.1) is 27.6 Å². The molecule has 0 aliphatic heterocycles. The predicted molar refractivity (Wildman–Crippen MR) is 246 cm³/mol. The number of fused-ring (bicyclic) bond motifs is 11. The average molecular weight is 741 g/mol. The van der Waals surface area contributed by atoms with Crippen molar-refractivity contribution in [2.75, 3.05) is 0 Å². The first-order valence-electron chi connectivity index (χ1n) is 19.6. The zero-order valence-corrected chi connectivity index (χ0v) is 31.6. The van der Waals surface area contributed by atoms with Gasteiger partial charge >= 0.3 is 0 Å². The number of para-hydroxylation sites is 2. The molecule has 4 aromatic heterocycles. The first-order chi connectivity index (χ1) is 28.3. The lowest BCUT2D eigenvalue weighted by Crippen LogP contribution is -1.93. The fraction of sp³-hybridized carbons (Fsp3) is 0. The van der Waals surface area contributed by atoms with Gasteiger partial charge in [0.1, 0.15) is 0 Å². The summed E-state index contributed by atoms with van der Waals surface area (Å²) < 4.78 is 7.61. The number of nitrogens with zero attached hydrogens (tertiary/aromatic N) is 2. The Balaban J connectivity index is 1.07. The molecule has 13 rings (SSSR count). The fourth-order valence-electron chi connectivity index (χ4n) is 9.78. The molecule has 0 aliphatic carbocycles. The van der Waals surface area contributed by atoms with Gasteiger partial charge in [-0.1, -0.05) is 133 Å². The number of hydrogen-bond donors (Lipinski definition) is 0. The standard InChI is InChI=1S/C54H32N2S/c1-2-11-33(12-3-1)34-21-25-37(26-22-34)55-46-18-8-7-16-41(46)44-31-35(23-28-48(44)55)36-24-29-49-45(32-36)43-27-30-51-53-52-42(17-10-20-50(52)57-51)39-14-5-4-13-38(39)40-15-6-9-19-47(40)56(49)54(43)53/h1-32H. The summed E-state index contributed by atoms with van der Waals surface area (Å²) in [5.74, 6) is 0. The lowest BCUT2D eigenvalue weighted by molar-refractivity contribution is 1.18. The van der Waals surface area contributed by atoms with Crippen LogP contribution in [0.3, 0.4) is 0 Å². The highest BCUT2D eigenvalue weighted by Crippen LogP contribution is 2.46. The Bertz CT molecular complexity index is 3770. The van der Waals surface area contributed by atoms with E-state index in [0.29, 0.717) is 0 Å². The van der Waals surface area contributed by atoms with Crippen LogP contribution in [0.5, 0.6) is 0 Å². The van der Waals surface area contributed by atoms with Gasteiger partial charge in [-0.25, -0.2) is 0 Å². The summed E-state index contributed by atoms with van der Waals surface area (Å²) >= 11 is 1.90. The summed E-state index contributed by atoms with van der Waals surface area (Å²) in [6.45, 7) is 0. The van der Waals surface area contributed by atoms with E-state index in [1.165, 1.54) is 113 Å². The minimum Gasteiger partial charge on any atom is -0.309 e. The van der Waals surface area contributed by atoms with Crippen molar-refractivity contribution in [3.05, 3.63) is 194 Å². The molecular formula is C54H32N2S. The molecule has 0 bridgehead atoms. The highest BCUT2D eigenvalue weighted by molar-refractivity contribution is 7.26. The van der Waals surface area contributed by atoms with Gasteiger partial charge in [0.25, 0.3) is 0 Å². The molecule has 0 fully saturated rings. The van der Waals surface area contributed by atoms with Crippen LogP contribution >= 0.6 is 11.3 Å². The maximum absolute atomic E-state index is 2.55. The third-order valence-corrected chi connectivity index (χ3v) is 13.4. The molecule has 57 heavy (non-hydrogen) atoms. The molecule has 0 unspecified atom stereocenters. The van der Waals surface area contributed by atoms with Crippen molar-refractivity contribution in [1.29, 1.82) is 0 Å². The lowest BCUT2D eigenvalue weighted by atomic mass is 9.99. The van der Waals surface area contributed by atoms with E-state index in [0.717, 1.165) is 5.69 Å². The quantitative estimate of drug-likeness (QED) is 0.171. The minimum absolute atomic E-state index is 1.16. The Labute approximate surface area is 331 Å². The van der Waals surface area contributed by atoms with Gasteiger partial charge in [0.15, 0.2) is 0 Å². The predicted octanol–water partition coefficient (Wildman–Crippen LogP) is 15.4. The smallest absolute Gasteiger partial charge is 0.0634 e. The minimum atomic E-state index is 1.16. The Kier molecular flexibility index (Phi) is 6.35. The van der Waals surface area contributed by atoms with Crippen LogP contribution in [0.4, 0.5) is 0 Å². The molecule has 0 spiro atoms. The highest BCUT2D eigenvalue weighted by atomic mass is 32.1. The van der Waals surface area contributed by atoms with Crippen LogP contribution in [-0.2, 0) is 0 Å². The van der Waals surface area contributed by atoms with Crippen LogP contribution in [0.25, 0.3) is 119 Å². The maximum Gasteiger partial charge on any atom is 0.0634 e. The largest absolute Gasteiger partial charge is 0.309 e. The lowest BCUT2D eigenvalue weighted by Gasteiger charge is -2.10. The molecule has 0 saturated carbocycles. The first-order valence-corrected chi connectivity index (χ1v) is 20.4. The van der Waals surface area contributed by atoms with Crippen molar-refractivity contribution in [1.82, 2.24) is 8.97 Å². The van der Waals surface area contributed by atoms with E-state index >= 15 is 0 Å². The molecule has 0 saturated heterocycles. The van der Waals surface area contributed by atoms with Gasteiger partial charge in [0, 0.05) is 52.8 Å². The molecule has 0 aliphatic rings. The molecule has 0 N–H and O–H groups in total. The van der Waals surface area contributed by atoms with Crippen molar-refractivity contribution in [2.24, 2.45) is 0 Å². The van der Waals surface area contributed by atoms with Crippen LogP contribution < -0.4 is 0 Å². The van der Waals surface area contributed by atoms with E-state index in [-0.39, 0.29) is 0 Å². The van der Waals surface area contributed by atoms with Gasteiger partial charge in [-0.05, 0) is 99.1 Å². The monoisotopic (exact) mass is 740 g/mol. The van der Waals surface area contributed by atoms with E-state index in [1.54, 1.807) is 0 Å². The maximum atomic E-state index is 2.55. The zero-order chi connectivity index (χ0) is 37.2. The van der Waals surface area contributed by atoms with Crippen LogP contribution in [-0.4, -0.2) is 8.97 Å². The Morgan fingerprint density at radius 1 is 0.298 bits per heavy atom. The van der Waals surface area contributed by atoms with E-state index in [9.17, 15) is 0 Å². The van der Waals surface area contributed by atoms with Crippen LogP contribution in [0.1, 0.15) is 0 Å². The molecule has 4 heterocycles. The summed E-state index contributed by atoms with van der Waals surface area (Å²) in [7, 11) is 0. The first kappa shape index (κ1) is 31.1. The van der Waals surface area contributed by atoms with Crippen molar-refractivity contribution in [3.63, 3.8) is 0 Å². The number of benzene rings is 9. The Hall–Kier alpha value is -7.20. The van der Waals surface area contributed by atoms with E-state index in [4.69, 9.17) is 0 Å². The van der Waals surface area contributed by atoms with Crippen molar-refractivity contribution in [2.45, 2.75) is 0 Å². The Morgan fingerprint density at radius 2 is 0.825 bits per heavy atom. The molecule has 264 valence electrons. The summed E-state index contributed by atoms with van der Waals surface area (Å²) in [6.07, 6.45) is 0. The molecule has 2 nitrogen and oxygen atoms in total. The molecule has 13 aromatic rings. The van der Waals surface area contributed by atoms with Crippen LogP contribution in [0, 0.1) is 0 Å². The van der Waals surface area contributed by atoms with Crippen molar-refractivity contribution >= 4 is 102 Å². The number of rotatable bonds is 3. The SMILES string of the molecule is c1ccc(-c2ccc(-n3c4ccccc4c4cc(-c5ccc6c(c5)c5ccc7sc8cccc9c%10ccccc%10c%10ccccc%10n6c5c7c89)ccc43)cc2)cc1. The number of hydrogen-bond acceptors (Lipinski definition) is 1. The molecule has 9 aromatic carbocycles. The molecule has 0 amide bonds. The highest BCUT2D eigenvalue weighted by Gasteiger charge is 2.20. The second kappa shape index (κ2) is 11.7. The summed E-state index contributed by atoms with van der Waals surface area (Å²) in [5.41, 5.74) is 12.2. The topological polar surface area (TPSA) is 9.34 Å². The third-order valence-electron chi connectivity index (χ3n) is 12.3. The fourth-order valence-corrected chi connectivity index (χ4v) is 10.9. The molecule has 3 heteroatoms. The van der Waals surface area contributed by atoms with Crippen LogP contribution in [0.2, 0.25) is 0 Å². The van der Waals surface area contributed by atoms with Gasteiger partial charge in [0.2, 0.25) is 0 Å². The third kappa shape index (κ3) is 4.35. The van der Waals surface area contributed by atoms with E-state index in [1.807, 2.05) is 11.3 Å². The van der Waals surface area contributed by atoms with Crippen molar-refractivity contribution in [3.8, 4) is 27.9 Å². The summed E-state index contributed by atoms with van der Waals surface area (Å²) in [4.78, 5) is 0. The molecular weight excluding hydrogens is 709 g/mol. The Morgan fingerprint density at radius 3 is 1.60 bits per heavy atom.